The van der Waals surface area contributed by atoms with Crippen LogP contribution < -0.4 is 11.1 Å². The maximum atomic E-state index is 9.12. The third-order valence-electron chi connectivity index (χ3n) is 2.54. The Morgan fingerprint density at radius 3 is 2.94 bits per heavy atom. The number of anilines is 2. The summed E-state index contributed by atoms with van der Waals surface area (Å²) in [6.07, 6.45) is 1.77. The van der Waals surface area contributed by atoms with Crippen molar-refractivity contribution in [2.75, 3.05) is 17.6 Å². The van der Waals surface area contributed by atoms with E-state index in [9.17, 15) is 0 Å². The minimum absolute atomic E-state index is 0.252. The Bertz CT molecular complexity index is 396. The van der Waals surface area contributed by atoms with Crippen LogP contribution in [0.3, 0.4) is 0 Å². The van der Waals surface area contributed by atoms with Gasteiger partial charge in [0.1, 0.15) is 0 Å². The fraction of sp³-hybridized carbons (Fsp3) is 0.462. The molecule has 0 saturated heterocycles. The summed E-state index contributed by atoms with van der Waals surface area (Å²) < 4.78 is 0. The van der Waals surface area contributed by atoms with Gasteiger partial charge in [0.25, 0.3) is 0 Å². The van der Waals surface area contributed by atoms with Crippen molar-refractivity contribution in [3.05, 3.63) is 23.8 Å². The first-order valence-electron chi connectivity index (χ1n) is 5.80. The predicted octanol–water partition coefficient (Wildman–Crippen LogP) is 1.91. The first kappa shape index (κ1) is 13.3. The Labute approximate surface area is 102 Å². The van der Waals surface area contributed by atoms with Gasteiger partial charge in [0.15, 0.2) is 0 Å². The molecule has 4 nitrogen and oxygen atoms in total. The topological polar surface area (TPSA) is 82.1 Å². The van der Waals surface area contributed by atoms with Gasteiger partial charge in [-0.25, -0.2) is 0 Å². The van der Waals surface area contributed by atoms with Crippen molar-refractivity contribution in [3.8, 4) is 6.07 Å². The second kappa shape index (κ2) is 6.77. The van der Waals surface area contributed by atoms with Crippen LogP contribution in [-0.4, -0.2) is 17.8 Å². The van der Waals surface area contributed by atoms with Gasteiger partial charge in [0.05, 0.1) is 18.6 Å². The molecule has 0 aromatic heterocycles. The van der Waals surface area contributed by atoms with E-state index in [4.69, 9.17) is 16.1 Å². The Kier molecular flexibility index (Phi) is 5.31. The van der Waals surface area contributed by atoms with Crippen molar-refractivity contribution in [2.24, 2.45) is 0 Å². The molecule has 1 unspecified atom stereocenters. The Balaban J connectivity index is 2.49. The molecule has 1 aromatic carbocycles. The summed E-state index contributed by atoms with van der Waals surface area (Å²) in [6, 6.07) is 7.71. The summed E-state index contributed by atoms with van der Waals surface area (Å²) in [4.78, 5) is 0. The van der Waals surface area contributed by atoms with Gasteiger partial charge >= 0.3 is 0 Å². The molecule has 0 aliphatic carbocycles. The van der Waals surface area contributed by atoms with Crippen LogP contribution in [-0.2, 0) is 6.42 Å². The number of hydrogen-bond acceptors (Lipinski definition) is 4. The molecule has 0 heterocycles. The normalized spacial score (nSPS) is 11.8. The highest BCUT2D eigenvalue weighted by molar-refractivity contribution is 5.57. The highest BCUT2D eigenvalue weighted by atomic mass is 16.3. The summed E-state index contributed by atoms with van der Waals surface area (Å²) in [5.41, 5.74) is 8.23. The zero-order valence-electron chi connectivity index (χ0n) is 10.1. The zero-order valence-corrected chi connectivity index (χ0v) is 10.1. The fourth-order valence-corrected chi connectivity index (χ4v) is 1.58. The molecule has 92 valence electrons. The van der Waals surface area contributed by atoms with Crippen LogP contribution in [0.25, 0.3) is 0 Å². The first-order chi connectivity index (χ1) is 8.13. The van der Waals surface area contributed by atoms with E-state index in [0.29, 0.717) is 12.1 Å². The molecule has 0 fully saturated rings. The van der Waals surface area contributed by atoms with E-state index in [2.05, 4.69) is 11.4 Å². The molecule has 1 atom stereocenters. The number of nitrogens with zero attached hydrogens (tertiary/aromatic N) is 1. The van der Waals surface area contributed by atoms with E-state index in [-0.39, 0.29) is 6.10 Å². The second-order valence-corrected chi connectivity index (χ2v) is 4.17. The number of nitriles is 1. The Morgan fingerprint density at radius 1 is 1.53 bits per heavy atom. The van der Waals surface area contributed by atoms with Gasteiger partial charge in [-0.1, -0.05) is 0 Å². The number of nitrogen functional groups attached to an aromatic ring is 1. The number of rotatable bonds is 6. The number of benzene rings is 1. The van der Waals surface area contributed by atoms with E-state index >= 15 is 0 Å². The monoisotopic (exact) mass is 233 g/mol. The molecule has 1 rings (SSSR count). The van der Waals surface area contributed by atoms with Crippen LogP contribution in [0, 0.1) is 11.3 Å². The van der Waals surface area contributed by atoms with Gasteiger partial charge in [-0.15, -0.1) is 0 Å². The molecule has 0 spiro atoms. The van der Waals surface area contributed by atoms with Crippen LogP contribution in [0.4, 0.5) is 11.4 Å². The minimum atomic E-state index is -0.252. The van der Waals surface area contributed by atoms with Crippen molar-refractivity contribution in [1.82, 2.24) is 0 Å². The van der Waals surface area contributed by atoms with Crippen LogP contribution in [0.15, 0.2) is 18.2 Å². The highest BCUT2D eigenvalue weighted by Crippen LogP contribution is 2.18. The predicted molar refractivity (Wildman–Crippen MR) is 69.6 cm³/mol. The van der Waals surface area contributed by atoms with E-state index in [1.165, 1.54) is 0 Å². The van der Waals surface area contributed by atoms with Crippen LogP contribution in [0.1, 0.15) is 25.3 Å². The van der Waals surface area contributed by atoms with Gasteiger partial charge in [-0.2, -0.15) is 5.26 Å². The summed E-state index contributed by atoms with van der Waals surface area (Å²) >= 11 is 0. The molecule has 0 amide bonds. The van der Waals surface area contributed by atoms with Crippen molar-refractivity contribution < 1.29 is 5.11 Å². The number of aliphatic hydroxyl groups excluding tert-OH is 1. The quantitative estimate of drug-likeness (QED) is 0.518. The number of nitrogens with one attached hydrogen (secondary N) is 1. The minimum Gasteiger partial charge on any atom is -0.398 e. The lowest BCUT2D eigenvalue weighted by Gasteiger charge is -2.09. The van der Waals surface area contributed by atoms with Crippen molar-refractivity contribution in [1.29, 1.82) is 5.26 Å². The second-order valence-electron chi connectivity index (χ2n) is 4.17. The summed E-state index contributed by atoms with van der Waals surface area (Å²) in [5.74, 6) is 0. The van der Waals surface area contributed by atoms with Crippen LogP contribution >= 0.6 is 0 Å². The number of nitrogens with two attached hydrogens (primary N) is 1. The van der Waals surface area contributed by atoms with E-state index in [1.54, 1.807) is 6.92 Å². The molecule has 1 aromatic rings. The highest BCUT2D eigenvalue weighted by Gasteiger charge is 2.01. The van der Waals surface area contributed by atoms with Gasteiger partial charge in [-0.05, 0) is 43.5 Å². The van der Waals surface area contributed by atoms with Crippen molar-refractivity contribution >= 4 is 11.4 Å². The standard InChI is InChI=1S/C13H19N3O/c1-10(17)3-2-8-16-12-4-5-13(15)11(9-12)6-7-14/h4-5,9-10,16-17H,2-3,6,8,15H2,1H3. The lowest BCUT2D eigenvalue weighted by Crippen LogP contribution is -2.07. The molecular weight excluding hydrogens is 214 g/mol. The van der Waals surface area contributed by atoms with E-state index < -0.39 is 0 Å². The molecule has 0 aliphatic rings. The molecule has 4 N–H and O–H groups in total. The van der Waals surface area contributed by atoms with E-state index in [1.807, 2.05) is 18.2 Å². The number of aliphatic hydroxyl groups is 1. The lowest BCUT2D eigenvalue weighted by atomic mass is 10.1. The Hall–Kier alpha value is -1.73. The average Bonchev–Trinajstić information content (AvgIpc) is 2.28. The van der Waals surface area contributed by atoms with Crippen molar-refractivity contribution in [2.45, 2.75) is 32.3 Å². The van der Waals surface area contributed by atoms with Gasteiger partial charge in [0.2, 0.25) is 0 Å². The SMILES string of the molecule is CC(O)CCCNc1ccc(N)c(CC#N)c1. The molecular formula is C13H19N3O. The molecule has 4 heteroatoms. The molecule has 17 heavy (non-hydrogen) atoms. The third kappa shape index (κ3) is 4.75. The average molecular weight is 233 g/mol. The summed E-state index contributed by atoms with van der Waals surface area (Å²) in [5, 5.41) is 21.0. The smallest absolute Gasteiger partial charge is 0.0670 e. The van der Waals surface area contributed by atoms with Crippen molar-refractivity contribution in [3.63, 3.8) is 0 Å². The molecule has 0 radical (unpaired) electrons. The fourth-order valence-electron chi connectivity index (χ4n) is 1.58. The van der Waals surface area contributed by atoms with Crippen LogP contribution in [0.5, 0.6) is 0 Å². The Morgan fingerprint density at radius 2 is 2.29 bits per heavy atom. The third-order valence-corrected chi connectivity index (χ3v) is 2.54. The summed E-state index contributed by atoms with van der Waals surface area (Å²) in [7, 11) is 0. The lowest BCUT2D eigenvalue weighted by molar-refractivity contribution is 0.183. The van der Waals surface area contributed by atoms with Gasteiger partial charge in [0, 0.05) is 17.9 Å². The molecule has 0 saturated carbocycles. The summed E-state index contributed by atoms with van der Waals surface area (Å²) in [6.45, 7) is 2.59. The van der Waals surface area contributed by atoms with Gasteiger partial charge < -0.3 is 16.2 Å². The largest absolute Gasteiger partial charge is 0.398 e. The maximum absolute atomic E-state index is 9.12. The van der Waals surface area contributed by atoms with E-state index in [0.717, 1.165) is 30.6 Å². The molecule has 0 aliphatic heterocycles. The number of hydrogen-bond donors (Lipinski definition) is 3. The van der Waals surface area contributed by atoms with Gasteiger partial charge in [-0.3, -0.25) is 0 Å². The maximum Gasteiger partial charge on any atom is 0.0670 e. The van der Waals surface area contributed by atoms with Crippen LogP contribution in [0.2, 0.25) is 0 Å². The first-order valence-corrected chi connectivity index (χ1v) is 5.80. The zero-order chi connectivity index (χ0) is 12.7. The molecule has 0 bridgehead atoms.